The van der Waals surface area contributed by atoms with Crippen molar-refractivity contribution in [2.75, 3.05) is 39.8 Å². The van der Waals surface area contributed by atoms with Crippen molar-refractivity contribution >= 4 is 11.8 Å². The first-order valence-electron chi connectivity index (χ1n) is 8.74. The quantitative estimate of drug-likeness (QED) is 0.903. The van der Waals surface area contributed by atoms with Gasteiger partial charge >= 0.3 is 0 Å². The normalized spacial score (nSPS) is 20.8. The highest BCUT2D eigenvalue weighted by Gasteiger charge is 2.39. The fraction of sp³-hybridized carbons (Fsp3) is 0.611. The number of likely N-dealkylation sites (tertiary alicyclic amines) is 2. The van der Waals surface area contributed by atoms with E-state index in [0.29, 0.717) is 6.54 Å². The van der Waals surface area contributed by atoms with Crippen LogP contribution in [0.4, 0.5) is 0 Å². The zero-order chi connectivity index (χ0) is 17.0. The van der Waals surface area contributed by atoms with Crippen LogP contribution in [0.1, 0.15) is 36.0 Å². The van der Waals surface area contributed by atoms with E-state index in [4.69, 9.17) is 0 Å². The molecule has 2 saturated heterocycles. The number of aromatic nitrogens is 1. The molecule has 2 fully saturated rings. The second kappa shape index (κ2) is 7.30. The van der Waals surface area contributed by atoms with Gasteiger partial charge in [0.1, 0.15) is 0 Å². The molecule has 3 heterocycles. The van der Waals surface area contributed by atoms with Gasteiger partial charge in [-0.05, 0) is 56.3 Å². The lowest BCUT2D eigenvalue weighted by Crippen LogP contribution is -2.52. The van der Waals surface area contributed by atoms with Crippen LogP contribution in [0.2, 0.25) is 0 Å². The summed E-state index contributed by atoms with van der Waals surface area (Å²) in [5.74, 6) is 0.188. The summed E-state index contributed by atoms with van der Waals surface area (Å²) in [6.07, 6.45) is 7.70. The number of likely N-dealkylation sites (N-methyl/N-ethyl adjacent to an activating group) is 1. The zero-order valence-corrected chi connectivity index (χ0v) is 14.3. The highest BCUT2D eigenvalue weighted by molar-refractivity contribution is 5.94. The minimum absolute atomic E-state index is 0.0732. The molecule has 0 aliphatic carbocycles. The Morgan fingerprint density at radius 1 is 1.17 bits per heavy atom. The summed E-state index contributed by atoms with van der Waals surface area (Å²) in [4.78, 5) is 32.5. The van der Waals surface area contributed by atoms with Gasteiger partial charge in [0.25, 0.3) is 5.91 Å². The number of hydrogen-bond donors (Lipinski definition) is 1. The number of rotatable bonds is 3. The van der Waals surface area contributed by atoms with Crippen molar-refractivity contribution in [3.8, 4) is 0 Å². The SMILES string of the molecule is CNC(=O)CN1CCC2(CCCN(C(=O)c3ccncc3)C2)CC1. The Balaban J connectivity index is 1.60. The van der Waals surface area contributed by atoms with Crippen LogP contribution >= 0.6 is 0 Å². The Kier molecular flexibility index (Phi) is 5.14. The molecule has 0 bridgehead atoms. The van der Waals surface area contributed by atoms with Gasteiger partial charge in [-0.1, -0.05) is 0 Å². The van der Waals surface area contributed by atoms with Crippen LogP contribution in [0.15, 0.2) is 24.5 Å². The molecule has 1 spiro atoms. The lowest BCUT2D eigenvalue weighted by atomic mass is 9.72. The summed E-state index contributed by atoms with van der Waals surface area (Å²) in [5, 5.41) is 2.68. The minimum atomic E-state index is 0.0732. The fourth-order valence-corrected chi connectivity index (χ4v) is 3.93. The average Bonchev–Trinajstić information content (AvgIpc) is 2.64. The highest BCUT2D eigenvalue weighted by atomic mass is 16.2. The zero-order valence-electron chi connectivity index (χ0n) is 14.3. The summed E-state index contributed by atoms with van der Waals surface area (Å²) in [6.45, 7) is 4.02. The Labute approximate surface area is 143 Å². The molecule has 0 unspecified atom stereocenters. The molecule has 2 amide bonds. The molecule has 6 nitrogen and oxygen atoms in total. The number of carbonyl (C=O) groups excluding carboxylic acids is 2. The van der Waals surface area contributed by atoms with Crippen LogP contribution in [0.25, 0.3) is 0 Å². The third-order valence-electron chi connectivity index (χ3n) is 5.44. The van der Waals surface area contributed by atoms with Gasteiger partial charge in [-0.3, -0.25) is 19.5 Å². The maximum Gasteiger partial charge on any atom is 0.253 e. The van der Waals surface area contributed by atoms with E-state index in [1.54, 1.807) is 31.6 Å². The molecular formula is C18H26N4O2. The van der Waals surface area contributed by atoms with E-state index >= 15 is 0 Å². The van der Waals surface area contributed by atoms with Crippen LogP contribution in [-0.2, 0) is 4.79 Å². The lowest BCUT2D eigenvalue weighted by molar-refractivity contribution is -0.122. The van der Waals surface area contributed by atoms with Crippen molar-refractivity contribution in [1.29, 1.82) is 0 Å². The van der Waals surface area contributed by atoms with Gasteiger partial charge in [0.2, 0.25) is 5.91 Å². The van der Waals surface area contributed by atoms with Crippen LogP contribution in [0, 0.1) is 5.41 Å². The molecule has 24 heavy (non-hydrogen) atoms. The van der Waals surface area contributed by atoms with Gasteiger partial charge in [0.05, 0.1) is 6.54 Å². The molecular weight excluding hydrogens is 304 g/mol. The first-order valence-corrected chi connectivity index (χ1v) is 8.74. The number of nitrogens with zero attached hydrogens (tertiary/aromatic N) is 3. The molecule has 1 N–H and O–H groups in total. The molecule has 0 radical (unpaired) electrons. The Hall–Kier alpha value is -1.95. The van der Waals surface area contributed by atoms with Gasteiger partial charge < -0.3 is 10.2 Å². The maximum absolute atomic E-state index is 12.7. The number of hydrogen-bond acceptors (Lipinski definition) is 4. The monoisotopic (exact) mass is 330 g/mol. The highest BCUT2D eigenvalue weighted by Crippen LogP contribution is 2.40. The van der Waals surface area contributed by atoms with E-state index in [0.717, 1.165) is 51.0 Å². The summed E-state index contributed by atoms with van der Waals surface area (Å²) in [7, 11) is 1.68. The van der Waals surface area contributed by atoms with Crippen LogP contribution < -0.4 is 5.32 Å². The van der Waals surface area contributed by atoms with E-state index in [1.807, 2.05) is 4.90 Å². The first kappa shape index (κ1) is 16.9. The van der Waals surface area contributed by atoms with E-state index < -0.39 is 0 Å². The van der Waals surface area contributed by atoms with Crippen molar-refractivity contribution in [2.24, 2.45) is 5.41 Å². The summed E-state index contributed by atoms with van der Waals surface area (Å²) in [6, 6.07) is 3.57. The van der Waals surface area contributed by atoms with Crippen molar-refractivity contribution in [3.63, 3.8) is 0 Å². The van der Waals surface area contributed by atoms with Crippen LogP contribution in [0.5, 0.6) is 0 Å². The molecule has 0 atom stereocenters. The molecule has 1 aromatic heterocycles. The second-order valence-corrected chi connectivity index (χ2v) is 7.02. The molecule has 0 saturated carbocycles. The van der Waals surface area contributed by atoms with Crippen molar-refractivity contribution < 1.29 is 9.59 Å². The largest absolute Gasteiger partial charge is 0.358 e. The van der Waals surface area contributed by atoms with E-state index in [9.17, 15) is 9.59 Å². The molecule has 2 aliphatic rings. The van der Waals surface area contributed by atoms with E-state index in [-0.39, 0.29) is 17.2 Å². The van der Waals surface area contributed by atoms with Crippen molar-refractivity contribution in [1.82, 2.24) is 20.1 Å². The molecule has 1 aromatic rings. The number of amides is 2. The predicted molar refractivity (Wildman–Crippen MR) is 91.5 cm³/mol. The summed E-state index contributed by atoms with van der Waals surface area (Å²) < 4.78 is 0. The van der Waals surface area contributed by atoms with E-state index in [1.165, 1.54) is 6.42 Å². The number of piperidine rings is 2. The molecule has 130 valence electrons. The molecule has 2 aliphatic heterocycles. The Morgan fingerprint density at radius 2 is 1.88 bits per heavy atom. The minimum Gasteiger partial charge on any atom is -0.358 e. The molecule has 3 rings (SSSR count). The average molecular weight is 330 g/mol. The van der Waals surface area contributed by atoms with Crippen LogP contribution in [0.3, 0.4) is 0 Å². The summed E-state index contributed by atoms with van der Waals surface area (Å²) >= 11 is 0. The maximum atomic E-state index is 12.7. The standard InChI is InChI=1S/C18H26N4O2/c1-19-16(23)13-21-11-6-18(7-12-21)5-2-10-22(14-18)17(24)15-3-8-20-9-4-15/h3-4,8-9H,2,5-7,10-14H2,1H3,(H,19,23). The Morgan fingerprint density at radius 3 is 2.54 bits per heavy atom. The van der Waals surface area contributed by atoms with Crippen molar-refractivity contribution in [2.45, 2.75) is 25.7 Å². The predicted octanol–water partition coefficient (Wildman–Crippen LogP) is 1.15. The summed E-state index contributed by atoms with van der Waals surface area (Å²) in [5.41, 5.74) is 0.944. The van der Waals surface area contributed by atoms with Gasteiger partial charge in [-0.25, -0.2) is 0 Å². The first-order chi connectivity index (χ1) is 11.6. The third kappa shape index (κ3) is 3.75. The molecule has 0 aromatic carbocycles. The number of carbonyl (C=O) groups is 2. The smallest absolute Gasteiger partial charge is 0.253 e. The van der Waals surface area contributed by atoms with Crippen LogP contribution in [-0.4, -0.2) is 66.4 Å². The van der Waals surface area contributed by atoms with E-state index in [2.05, 4.69) is 15.2 Å². The third-order valence-corrected chi connectivity index (χ3v) is 5.44. The van der Waals surface area contributed by atoms with Crippen molar-refractivity contribution in [3.05, 3.63) is 30.1 Å². The van der Waals surface area contributed by atoms with Gasteiger partial charge in [0.15, 0.2) is 0 Å². The lowest BCUT2D eigenvalue weighted by Gasteiger charge is -2.47. The topological polar surface area (TPSA) is 65.5 Å². The molecule has 6 heteroatoms. The number of pyridine rings is 1. The fourth-order valence-electron chi connectivity index (χ4n) is 3.93. The Bertz CT molecular complexity index is 582. The van der Waals surface area contributed by atoms with Gasteiger partial charge in [-0.2, -0.15) is 0 Å². The number of nitrogens with one attached hydrogen (secondary N) is 1. The second-order valence-electron chi connectivity index (χ2n) is 7.02. The van der Waals surface area contributed by atoms with Gasteiger partial charge in [0, 0.05) is 38.1 Å². The van der Waals surface area contributed by atoms with Gasteiger partial charge in [-0.15, -0.1) is 0 Å².